The van der Waals surface area contributed by atoms with Gasteiger partial charge < -0.3 is 5.11 Å². The predicted molar refractivity (Wildman–Crippen MR) is 64.5 cm³/mol. The number of benzene rings is 1. The average molecular weight is 221 g/mol. The molecule has 0 spiro atoms. The van der Waals surface area contributed by atoms with Crippen molar-refractivity contribution in [3.05, 3.63) is 35.9 Å². The van der Waals surface area contributed by atoms with E-state index >= 15 is 0 Å². The van der Waals surface area contributed by atoms with Crippen molar-refractivity contribution in [3.8, 4) is 0 Å². The molecule has 0 aromatic heterocycles. The van der Waals surface area contributed by atoms with Gasteiger partial charge in [0.25, 0.3) is 0 Å². The summed E-state index contributed by atoms with van der Waals surface area (Å²) in [6, 6.07) is 10.4. The van der Waals surface area contributed by atoms with Crippen LogP contribution in [0.3, 0.4) is 0 Å². The third-order valence-electron chi connectivity index (χ3n) is 2.60. The molecule has 1 aromatic carbocycles. The van der Waals surface area contributed by atoms with E-state index in [4.69, 9.17) is 5.11 Å². The predicted octanol–water partition coefficient (Wildman–Crippen LogP) is 2.02. The Balaban J connectivity index is 2.47. The van der Waals surface area contributed by atoms with E-state index in [2.05, 4.69) is 12.1 Å². The molecule has 1 aromatic rings. The van der Waals surface area contributed by atoms with Gasteiger partial charge in [-0.05, 0) is 25.8 Å². The molecule has 0 saturated carbocycles. The fourth-order valence-corrected chi connectivity index (χ4v) is 1.61. The van der Waals surface area contributed by atoms with Crippen molar-refractivity contribution in [2.24, 2.45) is 0 Å². The average Bonchev–Trinajstić information content (AvgIpc) is 2.25. The van der Waals surface area contributed by atoms with Crippen molar-refractivity contribution in [3.63, 3.8) is 0 Å². The lowest BCUT2D eigenvalue weighted by Gasteiger charge is -2.24. The topological polar surface area (TPSA) is 40.5 Å². The van der Waals surface area contributed by atoms with Crippen LogP contribution in [0, 0.1) is 0 Å². The zero-order valence-electron chi connectivity index (χ0n) is 9.89. The summed E-state index contributed by atoms with van der Waals surface area (Å²) in [5.74, 6) is -0.762. The van der Waals surface area contributed by atoms with Crippen molar-refractivity contribution in [1.29, 1.82) is 0 Å². The van der Waals surface area contributed by atoms with E-state index in [1.807, 2.05) is 36.9 Å². The Morgan fingerprint density at radius 3 is 2.44 bits per heavy atom. The second-order valence-electron chi connectivity index (χ2n) is 4.19. The largest absolute Gasteiger partial charge is 0.480 e. The highest BCUT2D eigenvalue weighted by atomic mass is 16.4. The summed E-state index contributed by atoms with van der Waals surface area (Å²) in [6.07, 6.45) is 0.895. The fraction of sp³-hybridized carbons (Fsp3) is 0.462. The van der Waals surface area contributed by atoms with Crippen LogP contribution in [0.15, 0.2) is 30.3 Å². The SMILES string of the molecule is CC(C)N(CCc1ccccc1)CC(=O)O. The number of nitrogens with zero attached hydrogens (tertiary/aromatic N) is 1. The first kappa shape index (κ1) is 12.7. The Hall–Kier alpha value is -1.35. The van der Waals surface area contributed by atoms with E-state index in [-0.39, 0.29) is 12.6 Å². The number of hydrogen-bond acceptors (Lipinski definition) is 2. The Labute approximate surface area is 96.7 Å². The first-order valence-corrected chi connectivity index (χ1v) is 5.59. The second-order valence-corrected chi connectivity index (χ2v) is 4.19. The van der Waals surface area contributed by atoms with E-state index in [1.54, 1.807) is 0 Å². The molecule has 0 atom stereocenters. The molecule has 0 aliphatic carbocycles. The van der Waals surface area contributed by atoms with Gasteiger partial charge in [-0.1, -0.05) is 30.3 Å². The van der Waals surface area contributed by atoms with E-state index in [1.165, 1.54) is 5.56 Å². The molecule has 0 saturated heterocycles. The Morgan fingerprint density at radius 2 is 1.94 bits per heavy atom. The lowest BCUT2D eigenvalue weighted by Crippen LogP contribution is -2.37. The Kier molecular flexibility index (Phi) is 4.99. The summed E-state index contributed by atoms with van der Waals surface area (Å²) < 4.78 is 0. The molecule has 0 bridgehead atoms. The highest BCUT2D eigenvalue weighted by molar-refractivity contribution is 5.69. The van der Waals surface area contributed by atoms with E-state index in [9.17, 15) is 4.79 Å². The van der Waals surface area contributed by atoms with Gasteiger partial charge in [-0.3, -0.25) is 9.69 Å². The lowest BCUT2D eigenvalue weighted by molar-refractivity contribution is -0.138. The second kappa shape index (κ2) is 6.28. The molecular formula is C13H19NO2. The maximum Gasteiger partial charge on any atom is 0.317 e. The van der Waals surface area contributed by atoms with Gasteiger partial charge in [-0.15, -0.1) is 0 Å². The first-order valence-electron chi connectivity index (χ1n) is 5.59. The molecule has 0 amide bonds. The number of rotatable bonds is 6. The summed E-state index contributed by atoms with van der Waals surface area (Å²) in [7, 11) is 0. The fourth-order valence-electron chi connectivity index (χ4n) is 1.61. The minimum Gasteiger partial charge on any atom is -0.480 e. The normalized spacial score (nSPS) is 11.0. The van der Waals surface area contributed by atoms with Gasteiger partial charge in [0, 0.05) is 12.6 Å². The third kappa shape index (κ3) is 4.45. The molecule has 0 unspecified atom stereocenters. The first-order chi connectivity index (χ1) is 7.59. The zero-order chi connectivity index (χ0) is 12.0. The number of carboxylic acid groups (broad SMARTS) is 1. The van der Waals surface area contributed by atoms with Crippen LogP contribution in [0.1, 0.15) is 19.4 Å². The van der Waals surface area contributed by atoms with Crippen LogP contribution in [0.5, 0.6) is 0 Å². The van der Waals surface area contributed by atoms with Crippen molar-refractivity contribution >= 4 is 5.97 Å². The summed E-state index contributed by atoms with van der Waals surface area (Å²) in [5, 5.41) is 8.79. The summed E-state index contributed by atoms with van der Waals surface area (Å²) in [6.45, 7) is 4.94. The molecule has 1 N–H and O–H groups in total. The standard InChI is InChI=1S/C13H19NO2/c1-11(2)14(10-13(15)16)9-8-12-6-4-3-5-7-12/h3-7,11H,8-10H2,1-2H3,(H,15,16). The molecule has 0 aliphatic heterocycles. The zero-order valence-corrected chi connectivity index (χ0v) is 9.89. The summed E-state index contributed by atoms with van der Waals surface area (Å²) in [4.78, 5) is 12.7. The smallest absolute Gasteiger partial charge is 0.317 e. The maximum absolute atomic E-state index is 10.7. The Bertz CT molecular complexity index is 322. The number of carboxylic acids is 1. The van der Waals surface area contributed by atoms with Gasteiger partial charge in [0.1, 0.15) is 0 Å². The molecule has 1 rings (SSSR count). The van der Waals surface area contributed by atoms with Crippen molar-refractivity contribution < 1.29 is 9.90 Å². The van der Waals surface area contributed by atoms with E-state index in [0.29, 0.717) is 0 Å². The lowest BCUT2D eigenvalue weighted by atomic mass is 10.1. The Morgan fingerprint density at radius 1 is 1.31 bits per heavy atom. The highest BCUT2D eigenvalue weighted by Crippen LogP contribution is 2.04. The van der Waals surface area contributed by atoms with Crippen molar-refractivity contribution in [1.82, 2.24) is 4.90 Å². The summed E-state index contributed by atoms with van der Waals surface area (Å²) in [5.41, 5.74) is 1.25. The van der Waals surface area contributed by atoms with Crippen LogP contribution in [0.25, 0.3) is 0 Å². The van der Waals surface area contributed by atoms with E-state index < -0.39 is 5.97 Å². The van der Waals surface area contributed by atoms with Crippen LogP contribution in [0.2, 0.25) is 0 Å². The van der Waals surface area contributed by atoms with Crippen LogP contribution in [-0.2, 0) is 11.2 Å². The summed E-state index contributed by atoms with van der Waals surface area (Å²) >= 11 is 0. The van der Waals surface area contributed by atoms with Gasteiger partial charge in [0.2, 0.25) is 0 Å². The monoisotopic (exact) mass is 221 g/mol. The number of hydrogen-bond donors (Lipinski definition) is 1. The molecular weight excluding hydrogens is 202 g/mol. The molecule has 88 valence electrons. The maximum atomic E-state index is 10.7. The molecule has 0 radical (unpaired) electrons. The van der Waals surface area contributed by atoms with Crippen LogP contribution >= 0.6 is 0 Å². The van der Waals surface area contributed by atoms with Gasteiger partial charge >= 0.3 is 5.97 Å². The van der Waals surface area contributed by atoms with Gasteiger partial charge in [-0.2, -0.15) is 0 Å². The highest BCUT2D eigenvalue weighted by Gasteiger charge is 2.12. The minimum absolute atomic E-state index is 0.116. The quantitative estimate of drug-likeness (QED) is 0.799. The molecule has 0 heterocycles. The number of carbonyl (C=O) groups is 1. The molecule has 0 fully saturated rings. The van der Waals surface area contributed by atoms with Gasteiger partial charge in [0.05, 0.1) is 6.54 Å². The van der Waals surface area contributed by atoms with Crippen LogP contribution < -0.4 is 0 Å². The van der Waals surface area contributed by atoms with Gasteiger partial charge in [-0.25, -0.2) is 0 Å². The molecule has 0 aliphatic rings. The van der Waals surface area contributed by atoms with Crippen LogP contribution in [0.4, 0.5) is 0 Å². The van der Waals surface area contributed by atoms with Crippen molar-refractivity contribution in [2.75, 3.05) is 13.1 Å². The molecule has 3 heteroatoms. The molecule has 3 nitrogen and oxygen atoms in total. The van der Waals surface area contributed by atoms with Gasteiger partial charge in [0.15, 0.2) is 0 Å². The molecule has 16 heavy (non-hydrogen) atoms. The third-order valence-corrected chi connectivity index (χ3v) is 2.60. The number of aliphatic carboxylic acids is 1. The van der Waals surface area contributed by atoms with E-state index in [0.717, 1.165) is 13.0 Å². The van der Waals surface area contributed by atoms with Crippen molar-refractivity contribution in [2.45, 2.75) is 26.3 Å². The minimum atomic E-state index is -0.762. The van der Waals surface area contributed by atoms with Crippen LogP contribution in [-0.4, -0.2) is 35.1 Å².